The van der Waals surface area contributed by atoms with Gasteiger partial charge in [-0.15, -0.1) is 0 Å². The van der Waals surface area contributed by atoms with Crippen LogP contribution in [0.25, 0.3) is 0 Å². The van der Waals surface area contributed by atoms with Gasteiger partial charge in [-0.1, -0.05) is 0 Å². The van der Waals surface area contributed by atoms with Gasteiger partial charge in [-0.05, 0) is 6.92 Å². The van der Waals surface area contributed by atoms with Crippen LogP contribution in [0.15, 0.2) is 11.4 Å². The van der Waals surface area contributed by atoms with Crippen molar-refractivity contribution in [3.8, 4) is 0 Å². The van der Waals surface area contributed by atoms with Gasteiger partial charge in [0.25, 0.3) is 0 Å². The lowest BCUT2D eigenvalue weighted by molar-refractivity contribution is -0.332. The molecule has 0 heterocycles. The summed E-state index contributed by atoms with van der Waals surface area (Å²) in [5, 5.41) is 0. The van der Waals surface area contributed by atoms with Crippen molar-refractivity contribution in [1.29, 1.82) is 0 Å². The van der Waals surface area contributed by atoms with Crippen molar-refractivity contribution in [1.82, 2.24) is 0 Å². The number of halogens is 11. The molecule has 0 aliphatic carbocycles. The summed E-state index contributed by atoms with van der Waals surface area (Å²) in [5.41, 5.74) is -9.64. The maximum atomic E-state index is 12.8. The van der Waals surface area contributed by atoms with E-state index in [1.54, 1.807) is 0 Å². The van der Waals surface area contributed by atoms with Gasteiger partial charge >= 0.3 is 24.2 Å². The average molecular weight is 296 g/mol. The van der Waals surface area contributed by atoms with Crippen molar-refractivity contribution in [3.05, 3.63) is 11.4 Å². The van der Waals surface area contributed by atoms with E-state index in [0.717, 1.165) is 0 Å². The first-order chi connectivity index (χ1) is 7.57. The van der Waals surface area contributed by atoms with E-state index >= 15 is 0 Å². The number of allylic oxidation sites excluding steroid dienone is 2. The molecule has 0 aromatic carbocycles. The third-order valence-corrected chi connectivity index (χ3v) is 1.84. The third kappa shape index (κ3) is 2.69. The summed E-state index contributed by atoms with van der Waals surface area (Å²) in [4.78, 5) is 0. The number of alkyl halides is 10. The predicted octanol–water partition coefficient (Wildman–Crippen LogP) is 4.63. The van der Waals surface area contributed by atoms with Gasteiger partial charge in [-0.25, -0.2) is 8.78 Å². The second-order valence-electron chi connectivity index (χ2n) is 3.09. The maximum absolute atomic E-state index is 12.8. The standard InChI is InChI=1S/C7H3F11/c1-2(5(10,11)12)3(8)4(9,6(13,14)15)7(16,17)18/h1H3/b3-2-. The van der Waals surface area contributed by atoms with Crippen LogP contribution in [0.5, 0.6) is 0 Å². The van der Waals surface area contributed by atoms with E-state index < -0.39 is 42.5 Å². The first kappa shape index (κ1) is 17.0. The molecule has 18 heavy (non-hydrogen) atoms. The minimum absolute atomic E-state index is 0.429. The molecule has 0 fully saturated rings. The molecule has 0 rings (SSSR count). The Kier molecular flexibility index (Phi) is 4.02. The second-order valence-corrected chi connectivity index (χ2v) is 3.09. The third-order valence-electron chi connectivity index (χ3n) is 1.84. The van der Waals surface area contributed by atoms with E-state index in [2.05, 4.69) is 0 Å². The zero-order valence-corrected chi connectivity index (χ0v) is 8.16. The Bertz CT molecular complexity index is 324. The molecule has 0 spiro atoms. The fourth-order valence-electron chi connectivity index (χ4n) is 0.792. The molecule has 0 unspecified atom stereocenters. The Hall–Kier alpha value is -1.03. The molecular weight excluding hydrogens is 293 g/mol. The summed E-state index contributed by atoms with van der Waals surface area (Å²) >= 11 is 0. The molecule has 0 saturated carbocycles. The highest BCUT2D eigenvalue weighted by atomic mass is 19.4. The van der Waals surface area contributed by atoms with Gasteiger partial charge in [0.15, 0.2) is 5.83 Å². The highest BCUT2D eigenvalue weighted by molar-refractivity contribution is 5.25. The van der Waals surface area contributed by atoms with E-state index in [1.165, 1.54) is 0 Å². The normalized spacial score (nSPS) is 16.7. The van der Waals surface area contributed by atoms with Gasteiger partial charge in [0.1, 0.15) is 0 Å². The molecule has 0 aliphatic heterocycles. The largest absolute Gasteiger partial charge is 0.438 e. The van der Waals surface area contributed by atoms with Crippen molar-refractivity contribution in [2.24, 2.45) is 0 Å². The number of hydrogen-bond acceptors (Lipinski definition) is 0. The molecule has 108 valence electrons. The van der Waals surface area contributed by atoms with E-state index in [0.29, 0.717) is 0 Å². The van der Waals surface area contributed by atoms with Crippen LogP contribution in [0, 0.1) is 0 Å². The Morgan fingerprint density at radius 3 is 1.11 bits per heavy atom. The summed E-state index contributed by atoms with van der Waals surface area (Å²) in [6.07, 6.45) is -19.7. The fraction of sp³-hybridized carbons (Fsp3) is 0.714. The zero-order chi connectivity index (χ0) is 15.2. The topological polar surface area (TPSA) is 0 Å². The Labute approximate surface area is 92.1 Å². The van der Waals surface area contributed by atoms with Crippen LogP contribution in [0.1, 0.15) is 6.92 Å². The molecular formula is C7H3F11. The molecule has 11 heteroatoms. The van der Waals surface area contributed by atoms with E-state index in [9.17, 15) is 48.3 Å². The van der Waals surface area contributed by atoms with Crippen molar-refractivity contribution >= 4 is 0 Å². The molecule has 0 saturated heterocycles. The fourth-order valence-corrected chi connectivity index (χ4v) is 0.792. The average Bonchev–Trinajstić information content (AvgIpc) is 2.08. The van der Waals surface area contributed by atoms with Gasteiger partial charge in [-0.3, -0.25) is 0 Å². The molecule has 0 nitrogen and oxygen atoms in total. The minimum atomic E-state index is -6.91. The number of rotatable bonds is 1. The van der Waals surface area contributed by atoms with E-state index in [4.69, 9.17) is 0 Å². The first-order valence-electron chi connectivity index (χ1n) is 3.83. The zero-order valence-electron chi connectivity index (χ0n) is 8.16. The van der Waals surface area contributed by atoms with Crippen LogP contribution < -0.4 is 0 Å². The number of hydrogen-bond donors (Lipinski definition) is 0. The smallest absolute Gasteiger partial charge is 0.215 e. The van der Waals surface area contributed by atoms with Gasteiger partial charge in [-0.2, -0.15) is 39.5 Å². The van der Waals surface area contributed by atoms with Gasteiger partial charge in [0.2, 0.25) is 0 Å². The van der Waals surface area contributed by atoms with Crippen molar-refractivity contribution in [2.75, 3.05) is 0 Å². The van der Waals surface area contributed by atoms with Crippen LogP contribution in [-0.2, 0) is 0 Å². The molecule has 0 aromatic heterocycles. The maximum Gasteiger partial charge on any atom is 0.438 e. The van der Waals surface area contributed by atoms with Crippen LogP contribution in [0.2, 0.25) is 0 Å². The SMILES string of the molecule is C/C(=C(/F)C(F)(C(F)(F)F)C(F)(F)F)C(F)(F)F. The van der Waals surface area contributed by atoms with Crippen LogP contribution >= 0.6 is 0 Å². The summed E-state index contributed by atoms with van der Waals surface area (Å²) in [7, 11) is 0. The van der Waals surface area contributed by atoms with Crippen LogP contribution in [0.3, 0.4) is 0 Å². The van der Waals surface area contributed by atoms with E-state index in [1.807, 2.05) is 0 Å². The summed E-state index contributed by atoms with van der Waals surface area (Å²) in [5.74, 6) is -3.98. The molecule has 0 N–H and O–H groups in total. The van der Waals surface area contributed by atoms with Crippen molar-refractivity contribution < 1.29 is 48.3 Å². The Balaban J connectivity index is 6.13. The Morgan fingerprint density at radius 2 is 0.944 bits per heavy atom. The lowest BCUT2D eigenvalue weighted by atomic mass is 9.99. The van der Waals surface area contributed by atoms with Gasteiger partial charge < -0.3 is 0 Å². The molecule has 0 radical (unpaired) electrons. The van der Waals surface area contributed by atoms with E-state index in [-0.39, 0.29) is 0 Å². The summed E-state index contributed by atoms with van der Waals surface area (Å²) < 4.78 is 132. The van der Waals surface area contributed by atoms with Gasteiger partial charge in [0.05, 0.1) is 5.57 Å². The monoisotopic (exact) mass is 296 g/mol. The molecule has 0 aromatic rings. The summed E-state index contributed by atoms with van der Waals surface area (Å²) in [6, 6.07) is 0. The summed E-state index contributed by atoms with van der Waals surface area (Å²) in [6.45, 7) is -0.429. The lowest BCUT2D eigenvalue weighted by Gasteiger charge is -2.29. The Morgan fingerprint density at radius 1 is 0.667 bits per heavy atom. The van der Waals surface area contributed by atoms with Crippen molar-refractivity contribution in [2.45, 2.75) is 31.1 Å². The highest BCUT2D eigenvalue weighted by Gasteiger charge is 2.76. The molecule has 0 amide bonds. The quantitative estimate of drug-likeness (QED) is 0.619. The molecule has 0 atom stereocenters. The van der Waals surface area contributed by atoms with Crippen LogP contribution in [-0.4, -0.2) is 24.2 Å². The molecule has 0 bridgehead atoms. The van der Waals surface area contributed by atoms with Gasteiger partial charge in [0, 0.05) is 0 Å². The molecule has 0 aliphatic rings. The predicted molar refractivity (Wildman–Crippen MR) is 35.8 cm³/mol. The second kappa shape index (κ2) is 4.26. The minimum Gasteiger partial charge on any atom is -0.215 e. The van der Waals surface area contributed by atoms with Crippen molar-refractivity contribution in [3.63, 3.8) is 0 Å². The van der Waals surface area contributed by atoms with Crippen LogP contribution in [0.4, 0.5) is 48.3 Å². The lowest BCUT2D eigenvalue weighted by Crippen LogP contribution is -2.54. The highest BCUT2D eigenvalue weighted by Crippen LogP contribution is 2.53. The first-order valence-corrected chi connectivity index (χ1v) is 3.83.